The first-order valence-electron chi connectivity index (χ1n) is 11.1. The summed E-state index contributed by atoms with van der Waals surface area (Å²) in [6.45, 7) is 7.94. The van der Waals surface area contributed by atoms with Crippen LogP contribution in [0.2, 0.25) is 0 Å². The van der Waals surface area contributed by atoms with Gasteiger partial charge in [0.25, 0.3) is 5.91 Å². The highest BCUT2D eigenvalue weighted by molar-refractivity contribution is 5.78. The normalized spacial score (nSPS) is 16.0. The van der Waals surface area contributed by atoms with Gasteiger partial charge in [0.05, 0.1) is 17.9 Å². The number of amides is 1. The van der Waals surface area contributed by atoms with E-state index in [0.717, 1.165) is 45.9 Å². The molecule has 9 nitrogen and oxygen atoms in total. The molecule has 33 heavy (non-hydrogen) atoms. The maximum atomic E-state index is 12.9. The third kappa shape index (κ3) is 4.06. The molecule has 0 bridgehead atoms. The predicted molar refractivity (Wildman–Crippen MR) is 122 cm³/mol. The number of aryl methyl sites for hydroxylation is 3. The fourth-order valence-corrected chi connectivity index (χ4v) is 4.57. The highest BCUT2D eigenvalue weighted by Gasteiger charge is 2.30. The van der Waals surface area contributed by atoms with Crippen molar-refractivity contribution in [1.82, 2.24) is 34.3 Å². The van der Waals surface area contributed by atoms with Gasteiger partial charge >= 0.3 is 0 Å². The van der Waals surface area contributed by atoms with Gasteiger partial charge in [0.15, 0.2) is 12.3 Å². The average Bonchev–Trinajstić information content (AvgIpc) is 3.55. The van der Waals surface area contributed by atoms with Gasteiger partial charge in [-0.15, -0.1) is 0 Å². The molecule has 1 atom stereocenters. The third-order valence-electron chi connectivity index (χ3n) is 6.34. The summed E-state index contributed by atoms with van der Waals surface area (Å²) in [7, 11) is 0. The molecule has 1 saturated heterocycles. The van der Waals surface area contributed by atoms with Crippen molar-refractivity contribution >= 4 is 11.6 Å². The van der Waals surface area contributed by atoms with Crippen LogP contribution in [-0.2, 0) is 11.3 Å². The van der Waals surface area contributed by atoms with Gasteiger partial charge in [-0.25, -0.2) is 19.2 Å². The molecule has 1 aromatic carbocycles. The number of carbonyl (C=O) groups is 1. The molecule has 3 aromatic heterocycles. The predicted octanol–water partition coefficient (Wildman–Crippen LogP) is 2.69. The maximum absolute atomic E-state index is 12.9. The monoisotopic (exact) mass is 445 g/mol. The van der Waals surface area contributed by atoms with E-state index >= 15 is 0 Å². The summed E-state index contributed by atoms with van der Waals surface area (Å²) >= 11 is 0. The first-order valence-corrected chi connectivity index (χ1v) is 11.1. The van der Waals surface area contributed by atoms with Crippen LogP contribution in [-0.4, -0.2) is 59.9 Å². The average molecular weight is 446 g/mol. The number of rotatable bonds is 6. The van der Waals surface area contributed by atoms with E-state index in [1.165, 1.54) is 6.33 Å². The zero-order valence-corrected chi connectivity index (χ0v) is 19.1. The first-order chi connectivity index (χ1) is 16.0. The van der Waals surface area contributed by atoms with Crippen molar-refractivity contribution in [2.24, 2.45) is 0 Å². The molecule has 4 aromatic rings. The van der Waals surface area contributed by atoms with Crippen molar-refractivity contribution in [3.63, 3.8) is 0 Å². The summed E-state index contributed by atoms with van der Waals surface area (Å²) in [5, 5.41) is 8.97. The molecule has 1 amide bonds. The van der Waals surface area contributed by atoms with Crippen LogP contribution in [0.1, 0.15) is 40.4 Å². The van der Waals surface area contributed by atoms with E-state index in [0.29, 0.717) is 19.6 Å². The summed E-state index contributed by atoms with van der Waals surface area (Å²) in [5.41, 5.74) is 5.91. The Kier molecular flexibility index (Phi) is 5.53. The summed E-state index contributed by atoms with van der Waals surface area (Å²) in [6, 6.07) is 7.99. The van der Waals surface area contributed by atoms with Gasteiger partial charge in [0, 0.05) is 30.8 Å². The topological polar surface area (TPSA) is 90.4 Å². The molecule has 0 radical (unpaired) electrons. The minimum atomic E-state index is 0.00831. The molecule has 170 valence electrons. The van der Waals surface area contributed by atoms with Crippen LogP contribution < -0.4 is 4.74 Å². The molecule has 0 N–H and O–H groups in total. The van der Waals surface area contributed by atoms with Crippen molar-refractivity contribution in [3.05, 3.63) is 71.2 Å². The smallest absolute Gasteiger partial charge is 0.260 e. The summed E-state index contributed by atoms with van der Waals surface area (Å²) in [6.07, 6.45) is 5.92. The van der Waals surface area contributed by atoms with Gasteiger partial charge in [-0.3, -0.25) is 4.79 Å². The number of hydrogen-bond acceptors (Lipinski definition) is 6. The summed E-state index contributed by atoms with van der Waals surface area (Å²) < 4.78 is 9.58. The Hall–Kier alpha value is -3.75. The number of nitrogens with zero attached hydrogens (tertiary/aromatic N) is 7. The summed E-state index contributed by atoms with van der Waals surface area (Å²) in [4.78, 5) is 23.4. The molecule has 0 saturated carbocycles. The number of benzene rings is 1. The maximum Gasteiger partial charge on any atom is 0.260 e. The number of ether oxygens (including phenoxy) is 1. The van der Waals surface area contributed by atoms with Gasteiger partial charge in [0.1, 0.15) is 18.4 Å². The van der Waals surface area contributed by atoms with Gasteiger partial charge in [-0.05, 0) is 44.4 Å². The lowest BCUT2D eigenvalue weighted by atomic mass is 10.0. The van der Waals surface area contributed by atoms with E-state index in [-0.39, 0.29) is 18.4 Å². The first kappa shape index (κ1) is 21.1. The SMILES string of the molecule is Cc1cccc(C)c1OCC(=O)N1CC[C@H](c2ccnc3c(Cn4cncn4)c(C)nn23)C1. The van der Waals surface area contributed by atoms with E-state index in [1.54, 1.807) is 11.0 Å². The quantitative estimate of drug-likeness (QED) is 0.453. The minimum absolute atomic E-state index is 0.00831. The van der Waals surface area contributed by atoms with Crippen LogP contribution in [0.15, 0.2) is 43.1 Å². The molecule has 0 aliphatic carbocycles. The zero-order chi connectivity index (χ0) is 22.9. The molecule has 1 aliphatic heterocycles. The van der Waals surface area contributed by atoms with E-state index in [2.05, 4.69) is 15.1 Å². The Morgan fingerprint density at radius 1 is 1.18 bits per heavy atom. The van der Waals surface area contributed by atoms with E-state index in [1.807, 2.05) is 60.6 Å². The van der Waals surface area contributed by atoms with E-state index in [9.17, 15) is 4.79 Å². The molecule has 1 aliphatic rings. The second-order valence-electron chi connectivity index (χ2n) is 8.60. The number of fused-ring (bicyclic) bond motifs is 1. The molecule has 9 heteroatoms. The van der Waals surface area contributed by atoms with Crippen molar-refractivity contribution < 1.29 is 9.53 Å². The van der Waals surface area contributed by atoms with Gasteiger partial charge in [-0.1, -0.05) is 18.2 Å². The van der Waals surface area contributed by atoms with Crippen molar-refractivity contribution in [2.75, 3.05) is 19.7 Å². The van der Waals surface area contributed by atoms with Crippen LogP contribution in [0.4, 0.5) is 0 Å². The molecular weight excluding hydrogens is 418 g/mol. The lowest BCUT2D eigenvalue weighted by Crippen LogP contribution is -2.33. The second-order valence-corrected chi connectivity index (χ2v) is 8.60. The molecule has 1 fully saturated rings. The molecule has 5 rings (SSSR count). The van der Waals surface area contributed by atoms with Crippen molar-refractivity contribution in [2.45, 2.75) is 39.7 Å². The fourth-order valence-electron chi connectivity index (χ4n) is 4.57. The van der Waals surface area contributed by atoms with Gasteiger partial charge < -0.3 is 9.64 Å². The van der Waals surface area contributed by atoms with Crippen LogP contribution in [0.3, 0.4) is 0 Å². The highest BCUT2D eigenvalue weighted by Crippen LogP contribution is 2.29. The Morgan fingerprint density at radius 3 is 2.76 bits per heavy atom. The molecular formula is C24H27N7O2. The standard InChI is InChI=1S/C24H27N7O2/c1-16-5-4-6-17(2)23(16)33-13-22(32)29-10-8-19(11-29)21-7-9-26-24-20(18(3)28-31(21)24)12-30-15-25-14-27-30/h4-7,9,14-15,19H,8,10-13H2,1-3H3/t19-/m0/s1. The zero-order valence-electron chi connectivity index (χ0n) is 19.1. The van der Waals surface area contributed by atoms with Crippen LogP contribution in [0.25, 0.3) is 5.65 Å². The number of hydrogen-bond donors (Lipinski definition) is 0. The summed E-state index contributed by atoms with van der Waals surface area (Å²) in [5.74, 6) is 0.997. The largest absolute Gasteiger partial charge is 0.483 e. The minimum Gasteiger partial charge on any atom is -0.483 e. The van der Waals surface area contributed by atoms with Crippen molar-refractivity contribution in [3.8, 4) is 5.75 Å². The van der Waals surface area contributed by atoms with E-state index < -0.39 is 0 Å². The van der Waals surface area contributed by atoms with Gasteiger partial charge in [0.2, 0.25) is 0 Å². The van der Waals surface area contributed by atoms with Gasteiger partial charge in [-0.2, -0.15) is 10.2 Å². The lowest BCUT2D eigenvalue weighted by molar-refractivity contribution is -0.132. The Labute approximate surface area is 192 Å². The Morgan fingerprint density at radius 2 is 2.00 bits per heavy atom. The van der Waals surface area contributed by atoms with Crippen LogP contribution in [0, 0.1) is 20.8 Å². The number of likely N-dealkylation sites (tertiary alicyclic amines) is 1. The lowest BCUT2D eigenvalue weighted by Gasteiger charge is -2.18. The van der Waals surface area contributed by atoms with Crippen molar-refractivity contribution in [1.29, 1.82) is 0 Å². The fraction of sp³-hybridized carbons (Fsp3) is 0.375. The Balaban J connectivity index is 1.31. The highest BCUT2D eigenvalue weighted by atomic mass is 16.5. The number of para-hydroxylation sites is 1. The third-order valence-corrected chi connectivity index (χ3v) is 6.34. The Bertz CT molecular complexity index is 1280. The van der Waals surface area contributed by atoms with Crippen LogP contribution >= 0.6 is 0 Å². The number of carbonyl (C=O) groups excluding carboxylic acids is 1. The molecule has 4 heterocycles. The molecule has 0 spiro atoms. The van der Waals surface area contributed by atoms with Crippen LogP contribution in [0.5, 0.6) is 5.75 Å². The molecule has 0 unspecified atom stereocenters. The number of aromatic nitrogens is 6. The van der Waals surface area contributed by atoms with E-state index in [4.69, 9.17) is 9.84 Å². The second kappa shape index (κ2) is 8.65.